The number of nitrogens with one attached hydrogen (secondary N) is 5. The van der Waals surface area contributed by atoms with E-state index in [4.69, 9.17) is 24.7 Å². The van der Waals surface area contributed by atoms with E-state index in [1.807, 2.05) is 48.5 Å². The van der Waals surface area contributed by atoms with Gasteiger partial charge in [-0.3, -0.25) is 9.59 Å². The highest BCUT2D eigenvalue weighted by Gasteiger charge is 2.31. The van der Waals surface area contributed by atoms with Crippen LogP contribution in [0.5, 0.6) is 0 Å². The van der Waals surface area contributed by atoms with Gasteiger partial charge in [0.1, 0.15) is 35.9 Å². The maximum Gasteiger partial charge on any atom is 0.407 e. The Kier molecular flexibility index (Phi) is 24.2. The smallest absolute Gasteiger partial charge is 0.407 e. The van der Waals surface area contributed by atoms with Gasteiger partial charge in [0.05, 0.1) is 20.3 Å². The first-order chi connectivity index (χ1) is 31.6. The van der Waals surface area contributed by atoms with Crippen LogP contribution in [0, 0.1) is 0 Å². The van der Waals surface area contributed by atoms with E-state index in [1.54, 1.807) is 41.5 Å². The van der Waals surface area contributed by atoms with Crippen molar-refractivity contribution in [1.82, 2.24) is 26.6 Å². The van der Waals surface area contributed by atoms with Crippen LogP contribution in [0.2, 0.25) is 0 Å². The molecule has 0 heterocycles. The molecule has 1 aliphatic rings. The second kappa shape index (κ2) is 28.6. The second-order valence-corrected chi connectivity index (χ2v) is 17.7. The molecule has 0 aromatic heterocycles. The summed E-state index contributed by atoms with van der Waals surface area (Å²) in [5, 5.41) is 13.2. The number of hydrogen-bond acceptors (Lipinski definition) is 13. The van der Waals surface area contributed by atoms with Crippen LogP contribution in [0.4, 0.5) is 14.4 Å². The summed E-state index contributed by atoms with van der Waals surface area (Å²) in [6, 6.07) is 12.6. The summed E-state index contributed by atoms with van der Waals surface area (Å²) in [5.74, 6) is -2.27. The topological polar surface area (TPSA) is 252 Å². The molecule has 3 rings (SSSR count). The van der Waals surface area contributed by atoms with Crippen molar-refractivity contribution in [1.29, 1.82) is 0 Å². The molecule has 5 amide bonds. The zero-order chi connectivity index (χ0) is 50.2. The second-order valence-electron chi connectivity index (χ2n) is 17.7. The molecule has 0 aliphatic heterocycles. The summed E-state index contributed by atoms with van der Waals surface area (Å²) < 4.78 is 25.4. The molecule has 0 radical (unpaired) electrons. The third-order valence-corrected chi connectivity index (χ3v) is 9.90. The fourth-order valence-electron chi connectivity index (χ4n) is 6.75. The molecule has 1 aliphatic carbocycles. The summed E-state index contributed by atoms with van der Waals surface area (Å²) in [7, 11) is 2.48. The van der Waals surface area contributed by atoms with E-state index >= 15 is 0 Å². The molecule has 0 saturated heterocycles. The fourth-order valence-corrected chi connectivity index (χ4v) is 6.75. The highest BCUT2D eigenvalue weighted by molar-refractivity contribution is 5.90. The van der Waals surface area contributed by atoms with Gasteiger partial charge in [-0.05, 0) is 115 Å². The first kappa shape index (κ1) is 56.7. The summed E-state index contributed by atoms with van der Waals surface area (Å²) in [4.78, 5) is 85.2. The fraction of sp³-hybridized carbons (Fsp3) is 0.531. The number of ether oxygens (including phenoxy) is 5. The van der Waals surface area contributed by atoms with Crippen LogP contribution in [0.1, 0.15) is 113 Å². The highest BCUT2D eigenvalue weighted by Crippen LogP contribution is 2.44. The molecule has 67 heavy (non-hydrogen) atoms. The van der Waals surface area contributed by atoms with E-state index in [-0.39, 0.29) is 34.6 Å². The van der Waals surface area contributed by atoms with Crippen molar-refractivity contribution in [2.24, 2.45) is 5.73 Å². The average Bonchev–Trinajstić information content (AvgIpc) is 3.58. The Bertz CT molecular complexity index is 1940. The van der Waals surface area contributed by atoms with E-state index in [0.29, 0.717) is 45.2 Å². The van der Waals surface area contributed by atoms with Crippen molar-refractivity contribution in [3.8, 4) is 11.1 Å². The van der Waals surface area contributed by atoms with Gasteiger partial charge < -0.3 is 56.0 Å². The lowest BCUT2D eigenvalue weighted by atomic mass is 9.98. The Morgan fingerprint density at radius 1 is 0.627 bits per heavy atom. The van der Waals surface area contributed by atoms with Gasteiger partial charge in [-0.1, -0.05) is 60.7 Å². The van der Waals surface area contributed by atoms with E-state index in [1.165, 1.54) is 26.4 Å². The SMILES string of the molecule is C=CC[C@H](NC(=O)[C@@H](CCCCNC(=O)OC(C)(C)C)NC(=O)OCC1c2ccccc2-c2ccccc21)C(=O)OC.C=CC[C@H](NC(=O)[C@H](N)CCCCNC(=O)OC(C)(C)C)C(=O)OC.[2HH].[2HH]. The predicted molar refractivity (Wildman–Crippen MR) is 258 cm³/mol. The number of carbonyl (C=O) groups is 7. The van der Waals surface area contributed by atoms with Crippen LogP contribution in [0.25, 0.3) is 11.1 Å². The van der Waals surface area contributed by atoms with E-state index in [9.17, 15) is 33.6 Å². The van der Waals surface area contributed by atoms with Gasteiger partial charge in [0.25, 0.3) is 0 Å². The number of rotatable bonds is 23. The number of carbonyl (C=O) groups excluding carboxylic acids is 7. The first-order valence-corrected chi connectivity index (χ1v) is 22.4. The van der Waals surface area contributed by atoms with E-state index in [0.717, 1.165) is 22.3 Å². The lowest BCUT2D eigenvalue weighted by Crippen LogP contribution is -2.52. The van der Waals surface area contributed by atoms with Gasteiger partial charge >= 0.3 is 30.2 Å². The average molecular weight is 943 g/mol. The first-order valence-electron chi connectivity index (χ1n) is 22.4. The van der Waals surface area contributed by atoms with E-state index in [2.05, 4.69) is 44.5 Å². The molecule has 0 spiro atoms. The minimum atomic E-state index is -0.987. The van der Waals surface area contributed by atoms with Crippen molar-refractivity contribution >= 4 is 42.0 Å². The number of fused-ring (bicyclic) bond motifs is 3. The molecule has 4 atom stereocenters. The summed E-state index contributed by atoms with van der Waals surface area (Å²) in [6.45, 7) is 18.7. The van der Waals surface area contributed by atoms with Crippen LogP contribution in [-0.4, -0.2) is 111 Å². The number of benzene rings is 2. The molecule has 0 saturated carbocycles. The monoisotopic (exact) mass is 943 g/mol. The zero-order valence-electron chi connectivity index (χ0n) is 40.3. The number of alkyl carbamates (subject to hydrolysis) is 3. The highest BCUT2D eigenvalue weighted by atomic mass is 16.6. The van der Waals surface area contributed by atoms with Crippen LogP contribution in [0.15, 0.2) is 73.8 Å². The quantitative estimate of drug-likeness (QED) is 0.0299. The lowest BCUT2D eigenvalue weighted by molar-refractivity contribution is -0.145. The Labute approximate surface area is 397 Å². The minimum Gasteiger partial charge on any atom is -0.467 e. The Balaban J connectivity index is 0.00000148. The van der Waals surface area contributed by atoms with Crippen LogP contribution in [0.3, 0.4) is 0 Å². The number of amides is 5. The number of esters is 2. The predicted octanol–water partition coefficient (Wildman–Crippen LogP) is 6.56. The van der Waals surface area contributed by atoms with Gasteiger partial charge in [-0.15, -0.1) is 13.2 Å². The molecule has 2 aromatic rings. The largest absolute Gasteiger partial charge is 0.467 e. The van der Waals surface area contributed by atoms with E-state index < -0.39 is 77.4 Å². The molecule has 18 nitrogen and oxygen atoms in total. The zero-order valence-corrected chi connectivity index (χ0v) is 40.3. The van der Waals surface area contributed by atoms with Gasteiger partial charge in [0, 0.05) is 21.9 Å². The molecule has 0 fully saturated rings. The summed E-state index contributed by atoms with van der Waals surface area (Å²) in [5.41, 5.74) is 9.04. The van der Waals surface area contributed by atoms with Crippen LogP contribution >= 0.6 is 0 Å². The number of hydrogen-bond donors (Lipinski definition) is 6. The molecular weight excluding hydrogens is 865 g/mol. The third-order valence-electron chi connectivity index (χ3n) is 9.90. The Hall–Kier alpha value is -6.43. The van der Waals surface area contributed by atoms with Crippen molar-refractivity contribution in [2.75, 3.05) is 33.9 Å². The van der Waals surface area contributed by atoms with Crippen molar-refractivity contribution in [3.63, 3.8) is 0 Å². The number of unbranched alkanes of at least 4 members (excludes halogenated alkanes) is 2. The van der Waals surface area contributed by atoms with Crippen molar-refractivity contribution in [2.45, 2.75) is 134 Å². The van der Waals surface area contributed by atoms with Gasteiger partial charge in [0.15, 0.2) is 0 Å². The molecule has 7 N–H and O–H groups in total. The normalized spacial score (nSPS) is 13.4. The van der Waals surface area contributed by atoms with Crippen molar-refractivity contribution in [3.05, 3.63) is 85.0 Å². The standard InChI is InChI=1S/C32H41N3O7.C17H31N3O5.2H2/c1-6-13-27(29(37)40-5)34-28(36)26(18-11-12-19-33-30(38)42-32(2,3)4)35-31(39)41-20-25-23-16-9-7-14-21(23)22-15-8-10-17-24(22)25;1-6-9-13(15(22)24-5)20-14(21)12(18)10-7-8-11-19-16(23)25-17(2,3)4;;/h6-10,14-17,25-27H,1,11-13,18-20H2,2-5H3,(H,33,38)(H,34,36)(H,35,39);6,12-13H,1,7-11,18H2,2-5H3,(H,19,23)(H,20,21);2*1H/t26-,27+;12-,13+;;/m11../s1/i;;2*1+1. The van der Waals surface area contributed by atoms with Gasteiger partial charge in [-0.2, -0.15) is 0 Å². The van der Waals surface area contributed by atoms with Gasteiger partial charge in [-0.25, -0.2) is 24.0 Å². The summed E-state index contributed by atoms with van der Waals surface area (Å²) in [6.07, 6.45) is 4.71. The lowest BCUT2D eigenvalue weighted by Gasteiger charge is -2.22. The molecule has 0 unspecified atom stereocenters. The molecular formula is C49H76N6O12. The minimum absolute atomic E-state index is 0. The summed E-state index contributed by atoms with van der Waals surface area (Å²) >= 11 is 0. The molecule has 374 valence electrons. The van der Waals surface area contributed by atoms with Gasteiger partial charge in [0.2, 0.25) is 11.8 Å². The molecule has 0 bridgehead atoms. The van der Waals surface area contributed by atoms with Crippen LogP contribution < -0.4 is 32.3 Å². The van der Waals surface area contributed by atoms with Crippen LogP contribution in [-0.2, 0) is 42.9 Å². The Morgan fingerprint density at radius 2 is 1.06 bits per heavy atom. The third kappa shape index (κ3) is 21.2. The number of methoxy groups -OCH3 is 2. The number of nitrogens with two attached hydrogens (primary N) is 1. The molecule has 18 heteroatoms. The maximum atomic E-state index is 13.2. The molecule has 2 aromatic carbocycles. The Morgan fingerprint density at radius 3 is 1.49 bits per heavy atom. The maximum absolute atomic E-state index is 13.2. The van der Waals surface area contributed by atoms with Crippen molar-refractivity contribution < 1.29 is 60.1 Å².